The number of methoxy groups -OCH3 is 1. The number of carbonyl (C=O) groups excluding carboxylic acids is 2. The summed E-state index contributed by atoms with van der Waals surface area (Å²) >= 11 is 0. The molecule has 0 bridgehead atoms. The molecular weight excluding hydrogens is 466 g/mol. The van der Waals surface area contributed by atoms with Crippen molar-refractivity contribution >= 4 is 33.9 Å². The first-order chi connectivity index (χ1) is 17.9. The standard InChI is InChI=1S/C31H27NO5/c1-19(2)37-24-11-6-10-21(18-24)28-27(29(33)26-13-7-9-20-8-4-5-12-25(20)26)30(34)31(35)32(28)22-14-16-23(36-3)17-15-22/h4-19,28,33H,1-3H3/b29-27-. The van der Waals surface area contributed by atoms with Crippen molar-refractivity contribution in [3.05, 3.63) is 108 Å². The summed E-state index contributed by atoms with van der Waals surface area (Å²) in [6.07, 6.45) is -0.0566. The number of Topliss-reactive ketones (excluding diaryl/α,β-unsaturated/α-hetero) is 1. The minimum atomic E-state index is -0.858. The zero-order valence-corrected chi connectivity index (χ0v) is 20.8. The molecule has 6 nitrogen and oxygen atoms in total. The van der Waals surface area contributed by atoms with E-state index >= 15 is 0 Å². The van der Waals surface area contributed by atoms with Crippen molar-refractivity contribution in [1.82, 2.24) is 0 Å². The minimum Gasteiger partial charge on any atom is -0.507 e. The van der Waals surface area contributed by atoms with Gasteiger partial charge in [0.1, 0.15) is 17.3 Å². The highest BCUT2D eigenvalue weighted by Gasteiger charge is 2.47. The van der Waals surface area contributed by atoms with Gasteiger partial charge < -0.3 is 14.6 Å². The average Bonchev–Trinajstić information content (AvgIpc) is 3.18. The fourth-order valence-corrected chi connectivity index (χ4v) is 4.76. The molecule has 0 aromatic heterocycles. The number of amides is 1. The summed E-state index contributed by atoms with van der Waals surface area (Å²) in [4.78, 5) is 28.5. The number of aliphatic hydroxyl groups excluding tert-OH is 1. The third-order valence-electron chi connectivity index (χ3n) is 6.39. The highest BCUT2D eigenvalue weighted by Crippen LogP contribution is 2.43. The van der Waals surface area contributed by atoms with Crippen LogP contribution in [0.15, 0.2) is 96.6 Å². The number of benzene rings is 4. The predicted octanol–water partition coefficient (Wildman–Crippen LogP) is 6.26. The van der Waals surface area contributed by atoms with Crippen molar-refractivity contribution in [1.29, 1.82) is 0 Å². The lowest BCUT2D eigenvalue weighted by Gasteiger charge is -2.26. The van der Waals surface area contributed by atoms with Gasteiger partial charge in [0.2, 0.25) is 0 Å². The van der Waals surface area contributed by atoms with E-state index in [0.29, 0.717) is 28.3 Å². The SMILES string of the molecule is COc1ccc(N2C(=O)C(=O)/C(=C(\O)c3cccc4ccccc34)C2c2cccc(OC(C)C)c2)cc1. The van der Waals surface area contributed by atoms with Gasteiger partial charge in [0, 0.05) is 11.3 Å². The Morgan fingerprint density at radius 2 is 1.57 bits per heavy atom. The van der Waals surface area contributed by atoms with E-state index in [-0.39, 0.29) is 17.4 Å². The summed E-state index contributed by atoms with van der Waals surface area (Å²) in [7, 11) is 1.56. The van der Waals surface area contributed by atoms with Crippen LogP contribution in [0.3, 0.4) is 0 Å². The van der Waals surface area contributed by atoms with E-state index in [0.717, 1.165) is 10.8 Å². The lowest BCUT2D eigenvalue weighted by Crippen LogP contribution is -2.29. The Labute approximate surface area is 215 Å². The van der Waals surface area contributed by atoms with Gasteiger partial charge in [-0.15, -0.1) is 0 Å². The van der Waals surface area contributed by atoms with Crippen LogP contribution in [0.4, 0.5) is 5.69 Å². The Morgan fingerprint density at radius 1 is 0.865 bits per heavy atom. The third-order valence-corrected chi connectivity index (χ3v) is 6.39. The van der Waals surface area contributed by atoms with Gasteiger partial charge >= 0.3 is 0 Å². The number of anilines is 1. The van der Waals surface area contributed by atoms with Gasteiger partial charge in [-0.2, -0.15) is 0 Å². The fourth-order valence-electron chi connectivity index (χ4n) is 4.76. The maximum Gasteiger partial charge on any atom is 0.300 e. The van der Waals surface area contributed by atoms with Gasteiger partial charge in [-0.3, -0.25) is 14.5 Å². The highest BCUT2D eigenvalue weighted by atomic mass is 16.5. The van der Waals surface area contributed by atoms with Gasteiger partial charge in [-0.05, 0) is 66.6 Å². The Kier molecular flexibility index (Phi) is 6.40. The molecule has 0 aliphatic carbocycles. The second-order valence-corrected chi connectivity index (χ2v) is 9.13. The Morgan fingerprint density at radius 3 is 2.30 bits per heavy atom. The Bertz CT molecular complexity index is 1520. The summed E-state index contributed by atoms with van der Waals surface area (Å²) < 4.78 is 11.2. The molecular formula is C31H27NO5. The summed E-state index contributed by atoms with van der Waals surface area (Å²) in [5.74, 6) is -0.446. The van der Waals surface area contributed by atoms with Gasteiger partial charge in [0.05, 0.1) is 24.8 Å². The average molecular weight is 494 g/mol. The van der Waals surface area contributed by atoms with Gasteiger partial charge in [0.25, 0.3) is 11.7 Å². The number of carbonyl (C=O) groups is 2. The number of rotatable bonds is 6. The van der Waals surface area contributed by atoms with Crippen LogP contribution in [0.2, 0.25) is 0 Å². The molecule has 0 saturated carbocycles. The monoisotopic (exact) mass is 493 g/mol. The molecule has 4 aromatic rings. The summed E-state index contributed by atoms with van der Waals surface area (Å²) in [5, 5.41) is 13.3. The van der Waals surface area contributed by atoms with E-state index in [1.807, 2.05) is 74.5 Å². The highest BCUT2D eigenvalue weighted by molar-refractivity contribution is 6.51. The molecule has 4 aromatic carbocycles. The second kappa shape index (κ2) is 9.82. The van der Waals surface area contributed by atoms with Crippen molar-refractivity contribution in [2.45, 2.75) is 26.0 Å². The maximum atomic E-state index is 13.5. The van der Waals surface area contributed by atoms with Crippen molar-refractivity contribution < 1.29 is 24.2 Å². The first kappa shape index (κ1) is 24.1. The molecule has 1 unspecified atom stereocenters. The van der Waals surface area contributed by atoms with E-state index in [9.17, 15) is 14.7 Å². The molecule has 1 aliphatic rings. The lowest BCUT2D eigenvalue weighted by molar-refractivity contribution is -0.132. The van der Waals surface area contributed by atoms with Crippen LogP contribution in [0.5, 0.6) is 11.5 Å². The number of ether oxygens (including phenoxy) is 2. The topological polar surface area (TPSA) is 76.1 Å². The largest absolute Gasteiger partial charge is 0.507 e. The normalized spacial score (nSPS) is 17.0. The van der Waals surface area contributed by atoms with Gasteiger partial charge in [-0.1, -0.05) is 54.6 Å². The quantitative estimate of drug-likeness (QED) is 0.195. The van der Waals surface area contributed by atoms with Gasteiger partial charge in [0.15, 0.2) is 0 Å². The first-order valence-corrected chi connectivity index (χ1v) is 12.1. The molecule has 1 amide bonds. The van der Waals surface area contributed by atoms with Crippen molar-refractivity contribution in [2.75, 3.05) is 12.0 Å². The number of hydrogen-bond acceptors (Lipinski definition) is 5. The first-order valence-electron chi connectivity index (χ1n) is 12.1. The molecule has 1 heterocycles. The van der Waals surface area contributed by atoms with Crippen molar-refractivity contribution in [2.24, 2.45) is 0 Å². The summed E-state index contributed by atoms with van der Waals surface area (Å²) in [5.41, 5.74) is 1.68. The fraction of sp³-hybridized carbons (Fsp3) is 0.161. The number of ketones is 1. The van der Waals surface area contributed by atoms with E-state index in [1.54, 1.807) is 37.4 Å². The van der Waals surface area contributed by atoms with Crippen LogP contribution in [0.1, 0.15) is 31.0 Å². The van der Waals surface area contributed by atoms with Crippen LogP contribution >= 0.6 is 0 Å². The number of fused-ring (bicyclic) bond motifs is 1. The molecule has 1 aliphatic heterocycles. The minimum absolute atomic E-state index is 0.0267. The number of nitrogens with zero attached hydrogens (tertiary/aromatic N) is 1. The maximum absolute atomic E-state index is 13.5. The molecule has 1 fully saturated rings. The van der Waals surface area contributed by atoms with E-state index in [1.165, 1.54) is 4.90 Å². The van der Waals surface area contributed by atoms with Gasteiger partial charge in [-0.25, -0.2) is 0 Å². The molecule has 37 heavy (non-hydrogen) atoms. The second-order valence-electron chi connectivity index (χ2n) is 9.13. The van der Waals surface area contributed by atoms with Crippen LogP contribution < -0.4 is 14.4 Å². The Balaban J connectivity index is 1.74. The molecule has 186 valence electrons. The molecule has 1 saturated heterocycles. The third kappa shape index (κ3) is 4.42. The molecule has 0 spiro atoms. The number of aliphatic hydroxyl groups is 1. The van der Waals surface area contributed by atoms with Crippen molar-refractivity contribution in [3.63, 3.8) is 0 Å². The van der Waals surface area contributed by atoms with Crippen molar-refractivity contribution in [3.8, 4) is 11.5 Å². The zero-order chi connectivity index (χ0) is 26.1. The molecule has 6 heteroatoms. The Hall–Kier alpha value is -4.58. The molecule has 5 rings (SSSR count). The van der Waals surface area contributed by atoms with Crippen LogP contribution in [0, 0.1) is 0 Å². The van der Waals surface area contributed by atoms with Crippen LogP contribution in [0.25, 0.3) is 16.5 Å². The zero-order valence-electron chi connectivity index (χ0n) is 20.8. The van der Waals surface area contributed by atoms with E-state index in [2.05, 4.69) is 0 Å². The van der Waals surface area contributed by atoms with Crippen LogP contribution in [-0.2, 0) is 9.59 Å². The lowest BCUT2D eigenvalue weighted by atomic mass is 9.93. The molecule has 1 N–H and O–H groups in total. The molecule has 1 atom stereocenters. The predicted molar refractivity (Wildman–Crippen MR) is 144 cm³/mol. The van der Waals surface area contributed by atoms with E-state index in [4.69, 9.17) is 9.47 Å². The summed E-state index contributed by atoms with van der Waals surface area (Å²) in [6.45, 7) is 3.85. The summed E-state index contributed by atoms with van der Waals surface area (Å²) in [6, 6.07) is 26.5. The van der Waals surface area contributed by atoms with E-state index < -0.39 is 17.7 Å². The molecule has 0 radical (unpaired) electrons. The number of hydrogen-bond donors (Lipinski definition) is 1. The smallest absolute Gasteiger partial charge is 0.300 e. The van der Waals surface area contributed by atoms with Crippen LogP contribution in [-0.4, -0.2) is 30.0 Å².